The third kappa shape index (κ3) is 8.58. The van der Waals surface area contributed by atoms with E-state index in [4.69, 9.17) is 9.47 Å². The molecule has 2 rings (SSSR count). The number of hydrogen-bond donors (Lipinski definition) is 4. The first-order valence-corrected chi connectivity index (χ1v) is 11.1. The number of carbonyl (C=O) groups is 2. The fraction of sp³-hybridized carbons (Fsp3) is 0.905. The van der Waals surface area contributed by atoms with Crippen molar-refractivity contribution in [1.82, 2.24) is 10.6 Å². The Morgan fingerprint density at radius 3 is 1.90 bits per heavy atom. The predicted molar refractivity (Wildman–Crippen MR) is 108 cm³/mol. The van der Waals surface area contributed by atoms with E-state index in [9.17, 15) is 19.8 Å². The number of hydrogen-bond acceptors (Lipinski definition) is 6. The Labute approximate surface area is 173 Å². The fourth-order valence-electron chi connectivity index (χ4n) is 4.01. The van der Waals surface area contributed by atoms with Gasteiger partial charge in [0.2, 0.25) is 11.8 Å². The third-order valence-corrected chi connectivity index (χ3v) is 5.77. The van der Waals surface area contributed by atoms with Crippen molar-refractivity contribution in [3.8, 4) is 0 Å². The van der Waals surface area contributed by atoms with Crippen LogP contribution in [-0.4, -0.2) is 73.2 Å². The van der Waals surface area contributed by atoms with Crippen molar-refractivity contribution < 1.29 is 29.3 Å². The van der Waals surface area contributed by atoms with Gasteiger partial charge in [0.1, 0.15) is 0 Å². The van der Waals surface area contributed by atoms with Gasteiger partial charge >= 0.3 is 0 Å². The van der Waals surface area contributed by atoms with Crippen molar-refractivity contribution in [2.45, 2.75) is 76.6 Å². The number of amides is 2. The van der Waals surface area contributed by atoms with E-state index in [0.29, 0.717) is 39.3 Å². The van der Waals surface area contributed by atoms with Crippen molar-refractivity contribution in [3.05, 3.63) is 0 Å². The van der Waals surface area contributed by atoms with Crippen LogP contribution in [0.3, 0.4) is 0 Å². The van der Waals surface area contributed by atoms with Crippen LogP contribution < -0.4 is 10.6 Å². The van der Waals surface area contributed by atoms with Crippen molar-refractivity contribution in [3.63, 3.8) is 0 Å². The third-order valence-electron chi connectivity index (χ3n) is 5.77. The lowest BCUT2D eigenvalue weighted by Gasteiger charge is -2.16. The Kier molecular flexibility index (Phi) is 10.9. The van der Waals surface area contributed by atoms with Crippen LogP contribution in [0.15, 0.2) is 0 Å². The molecular weight excluding hydrogens is 376 g/mol. The highest BCUT2D eigenvalue weighted by Crippen LogP contribution is 2.26. The summed E-state index contributed by atoms with van der Waals surface area (Å²) in [6.45, 7) is 4.60. The Hall–Kier alpha value is -1.22. The highest BCUT2D eigenvalue weighted by Gasteiger charge is 2.31. The van der Waals surface area contributed by atoms with Gasteiger partial charge in [0, 0.05) is 26.3 Å². The summed E-state index contributed by atoms with van der Waals surface area (Å²) in [6.07, 6.45) is 5.21. The van der Waals surface area contributed by atoms with Crippen LogP contribution in [0.4, 0.5) is 0 Å². The lowest BCUT2D eigenvalue weighted by Crippen LogP contribution is -2.35. The first-order chi connectivity index (χ1) is 14.0. The molecule has 2 amide bonds. The number of ether oxygens (including phenoxy) is 2. The van der Waals surface area contributed by atoms with E-state index < -0.39 is 12.2 Å². The highest BCUT2D eigenvalue weighted by molar-refractivity contribution is 5.79. The molecule has 0 aromatic heterocycles. The molecule has 0 aliphatic heterocycles. The van der Waals surface area contributed by atoms with E-state index in [0.717, 1.165) is 44.9 Å². The van der Waals surface area contributed by atoms with E-state index in [1.54, 1.807) is 0 Å². The molecule has 0 saturated heterocycles. The zero-order chi connectivity index (χ0) is 21.1. The number of carbonyl (C=O) groups excluding carboxylic acids is 2. The lowest BCUT2D eigenvalue weighted by atomic mass is 10.1. The van der Waals surface area contributed by atoms with E-state index in [-0.39, 0.29) is 29.8 Å². The SMILES string of the molecule is CC(COCCCNC(=O)C1CCCC1O)OCCCNC(=O)C1CCCC1O. The number of nitrogens with one attached hydrogen (secondary N) is 2. The second-order valence-electron chi connectivity index (χ2n) is 8.25. The molecule has 29 heavy (non-hydrogen) atoms. The maximum atomic E-state index is 11.9. The van der Waals surface area contributed by atoms with Gasteiger partial charge < -0.3 is 30.3 Å². The van der Waals surface area contributed by atoms with Crippen LogP contribution in [0.25, 0.3) is 0 Å². The summed E-state index contributed by atoms with van der Waals surface area (Å²) in [5.41, 5.74) is 0. The lowest BCUT2D eigenvalue weighted by molar-refractivity contribution is -0.128. The molecule has 0 heterocycles. The smallest absolute Gasteiger partial charge is 0.225 e. The molecule has 5 unspecified atom stereocenters. The largest absolute Gasteiger partial charge is 0.392 e. The Balaban J connectivity index is 1.38. The van der Waals surface area contributed by atoms with Crippen LogP contribution in [0.5, 0.6) is 0 Å². The molecule has 0 aromatic rings. The van der Waals surface area contributed by atoms with Crippen LogP contribution in [-0.2, 0) is 19.1 Å². The summed E-state index contributed by atoms with van der Waals surface area (Å²) in [5.74, 6) is -0.615. The number of aliphatic hydroxyl groups is 2. The maximum absolute atomic E-state index is 11.9. The van der Waals surface area contributed by atoms with Gasteiger partial charge in [-0.2, -0.15) is 0 Å². The minimum Gasteiger partial charge on any atom is -0.392 e. The zero-order valence-corrected chi connectivity index (χ0v) is 17.6. The predicted octanol–water partition coefficient (Wildman–Crippen LogP) is 0.743. The van der Waals surface area contributed by atoms with Crippen LogP contribution in [0, 0.1) is 11.8 Å². The van der Waals surface area contributed by atoms with Crippen molar-refractivity contribution in [1.29, 1.82) is 0 Å². The fourth-order valence-corrected chi connectivity index (χ4v) is 4.01. The standard InChI is InChI=1S/C21H38N2O6/c1-15(29-13-5-11-23-21(27)17-7-3-9-19(17)25)14-28-12-4-10-22-20(26)16-6-2-8-18(16)24/h15-19,24-25H,2-14H2,1H3,(H,22,26)(H,23,27). The highest BCUT2D eigenvalue weighted by atomic mass is 16.5. The normalized spacial score (nSPS) is 27.7. The molecule has 0 bridgehead atoms. The van der Waals surface area contributed by atoms with Gasteiger partial charge in [0.25, 0.3) is 0 Å². The molecule has 0 radical (unpaired) electrons. The topological polar surface area (TPSA) is 117 Å². The minimum absolute atomic E-state index is 0.0365. The number of rotatable bonds is 13. The average Bonchev–Trinajstić information content (AvgIpc) is 3.32. The van der Waals surface area contributed by atoms with Crippen molar-refractivity contribution in [2.24, 2.45) is 11.8 Å². The first kappa shape index (κ1) is 24.1. The van der Waals surface area contributed by atoms with Crippen LogP contribution in [0.1, 0.15) is 58.3 Å². The van der Waals surface area contributed by atoms with E-state index in [1.807, 2.05) is 6.92 Å². The zero-order valence-electron chi connectivity index (χ0n) is 17.6. The van der Waals surface area contributed by atoms with Gasteiger partial charge in [0.05, 0.1) is 36.8 Å². The van der Waals surface area contributed by atoms with Gasteiger partial charge in [0.15, 0.2) is 0 Å². The molecule has 2 aliphatic carbocycles. The second-order valence-corrected chi connectivity index (χ2v) is 8.25. The Morgan fingerprint density at radius 2 is 1.41 bits per heavy atom. The maximum Gasteiger partial charge on any atom is 0.225 e. The summed E-state index contributed by atoms with van der Waals surface area (Å²) >= 11 is 0. The van der Waals surface area contributed by atoms with Gasteiger partial charge in [-0.15, -0.1) is 0 Å². The average molecular weight is 415 g/mol. The molecule has 5 atom stereocenters. The van der Waals surface area contributed by atoms with Gasteiger partial charge in [-0.1, -0.05) is 0 Å². The van der Waals surface area contributed by atoms with Gasteiger partial charge in [-0.3, -0.25) is 9.59 Å². The molecule has 8 heteroatoms. The summed E-state index contributed by atoms with van der Waals surface area (Å²) in [4.78, 5) is 23.9. The molecule has 8 nitrogen and oxygen atoms in total. The summed E-state index contributed by atoms with van der Waals surface area (Å²) < 4.78 is 11.2. The van der Waals surface area contributed by atoms with E-state index >= 15 is 0 Å². The van der Waals surface area contributed by atoms with Crippen LogP contribution >= 0.6 is 0 Å². The second kappa shape index (κ2) is 13.2. The van der Waals surface area contributed by atoms with Crippen molar-refractivity contribution in [2.75, 3.05) is 32.9 Å². The number of aliphatic hydroxyl groups excluding tert-OH is 2. The quantitative estimate of drug-likeness (QED) is 0.330. The monoisotopic (exact) mass is 414 g/mol. The summed E-state index contributed by atoms with van der Waals surface area (Å²) in [5, 5.41) is 25.2. The van der Waals surface area contributed by atoms with Gasteiger partial charge in [-0.25, -0.2) is 0 Å². The summed E-state index contributed by atoms with van der Waals surface area (Å²) in [7, 11) is 0. The molecule has 2 fully saturated rings. The minimum atomic E-state index is -0.494. The molecule has 2 saturated carbocycles. The molecule has 2 aliphatic rings. The molecule has 4 N–H and O–H groups in total. The van der Waals surface area contributed by atoms with Gasteiger partial charge in [-0.05, 0) is 58.3 Å². The first-order valence-electron chi connectivity index (χ1n) is 11.1. The Bertz CT molecular complexity index is 504. The van der Waals surface area contributed by atoms with E-state index in [2.05, 4.69) is 10.6 Å². The van der Waals surface area contributed by atoms with Crippen molar-refractivity contribution >= 4 is 11.8 Å². The molecule has 0 spiro atoms. The molecule has 168 valence electrons. The van der Waals surface area contributed by atoms with E-state index in [1.165, 1.54) is 0 Å². The molecule has 0 aromatic carbocycles. The molecular formula is C21H38N2O6. The summed E-state index contributed by atoms with van der Waals surface area (Å²) in [6, 6.07) is 0. The van der Waals surface area contributed by atoms with Crippen LogP contribution in [0.2, 0.25) is 0 Å². The Morgan fingerprint density at radius 1 is 0.897 bits per heavy atom.